The second-order valence-corrected chi connectivity index (χ2v) is 9.14. The molecular formula is C26H30FN5O3. The van der Waals surface area contributed by atoms with Gasteiger partial charge in [-0.3, -0.25) is 9.59 Å². The molecule has 1 fully saturated rings. The van der Waals surface area contributed by atoms with E-state index in [1.807, 2.05) is 24.3 Å². The summed E-state index contributed by atoms with van der Waals surface area (Å²) in [5, 5.41) is 7.50. The van der Waals surface area contributed by atoms with Crippen molar-refractivity contribution in [2.45, 2.75) is 50.9 Å². The number of rotatable bonds is 7. The average Bonchev–Trinajstić information content (AvgIpc) is 3.20. The van der Waals surface area contributed by atoms with Crippen molar-refractivity contribution >= 4 is 17.6 Å². The predicted molar refractivity (Wildman–Crippen MR) is 132 cm³/mol. The number of carbonyl (C=O) groups is 2. The molecule has 8 nitrogen and oxygen atoms in total. The van der Waals surface area contributed by atoms with E-state index in [1.54, 1.807) is 35.9 Å². The maximum absolute atomic E-state index is 14.3. The van der Waals surface area contributed by atoms with E-state index < -0.39 is 11.6 Å². The molecule has 184 valence electrons. The van der Waals surface area contributed by atoms with E-state index in [4.69, 9.17) is 16.2 Å². The number of para-hydroxylation sites is 1. The summed E-state index contributed by atoms with van der Waals surface area (Å²) in [5.41, 5.74) is 13.3. The fourth-order valence-electron chi connectivity index (χ4n) is 4.51. The third-order valence-electron chi connectivity index (χ3n) is 6.57. The van der Waals surface area contributed by atoms with Crippen molar-refractivity contribution < 1.29 is 18.7 Å². The number of halogens is 1. The zero-order chi connectivity index (χ0) is 25.2. The van der Waals surface area contributed by atoms with Crippen LogP contribution in [-0.4, -0.2) is 34.4 Å². The first-order chi connectivity index (χ1) is 16.7. The second-order valence-electron chi connectivity index (χ2n) is 9.14. The van der Waals surface area contributed by atoms with Crippen LogP contribution in [0.2, 0.25) is 0 Å². The molecule has 1 aliphatic carbocycles. The van der Waals surface area contributed by atoms with E-state index in [0.29, 0.717) is 54.8 Å². The fraction of sp³-hybridized carbons (Fsp3) is 0.346. The van der Waals surface area contributed by atoms with Gasteiger partial charge in [0.25, 0.3) is 11.8 Å². The van der Waals surface area contributed by atoms with Crippen LogP contribution in [0, 0.1) is 0 Å². The number of hydrogen-bond acceptors (Lipinski definition) is 5. The lowest BCUT2D eigenvalue weighted by Gasteiger charge is -2.31. The van der Waals surface area contributed by atoms with Crippen molar-refractivity contribution in [1.82, 2.24) is 15.1 Å². The second kappa shape index (κ2) is 9.77. The Morgan fingerprint density at radius 3 is 2.46 bits per heavy atom. The lowest BCUT2D eigenvalue weighted by Crippen LogP contribution is -2.28. The number of primary amides is 1. The topological polar surface area (TPSA) is 125 Å². The number of carbonyl (C=O) groups excluding carboxylic acids is 2. The first kappa shape index (κ1) is 24.3. The van der Waals surface area contributed by atoms with Crippen molar-refractivity contribution in [2.24, 2.45) is 5.73 Å². The standard InChI is InChI=1S/C26H30FN5O3/c1-26(27)13-11-18(12-14-26)32-23(28)21(24(29)33)22(31-32)17-9-7-16(8-10-17)15-30-25(34)19-5-3-4-6-20(19)35-2/h3-10,18H,11-15,28H2,1-2H3,(H2,29,33)(H,30,34). The van der Waals surface area contributed by atoms with E-state index in [0.717, 1.165) is 5.56 Å². The van der Waals surface area contributed by atoms with E-state index in [9.17, 15) is 14.0 Å². The van der Waals surface area contributed by atoms with E-state index in [2.05, 4.69) is 10.4 Å². The molecule has 2 amide bonds. The smallest absolute Gasteiger partial charge is 0.255 e. The van der Waals surface area contributed by atoms with Crippen LogP contribution >= 0.6 is 0 Å². The average molecular weight is 480 g/mol. The summed E-state index contributed by atoms with van der Waals surface area (Å²) in [5.74, 6) is -0.205. The summed E-state index contributed by atoms with van der Waals surface area (Å²) in [4.78, 5) is 24.8. The molecule has 0 atom stereocenters. The molecule has 1 saturated carbocycles. The molecule has 5 N–H and O–H groups in total. The largest absolute Gasteiger partial charge is 0.496 e. The van der Waals surface area contributed by atoms with Crippen LogP contribution in [0.3, 0.4) is 0 Å². The number of amides is 2. The zero-order valence-electron chi connectivity index (χ0n) is 19.9. The minimum absolute atomic E-state index is 0.0878. The van der Waals surface area contributed by atoms with Gasteiger partial charge in [-0.1, -0.05) is 36.4 Å². The molecule has 0 aliphatic heterocycles. The number of nitrogens with one attached hydrogen (secondary N) is 1. The Hall–Kier alpha value is -3.88. The van der Waals surface area contributed by atoms with Crippen molar-refractivity contribution in [3.8, 4) is 17.0 Å². The maximum Gasteiger partial charge on any atom is 0.255 e. The quantitative estimate of drug-likeness (QED) is 0.472. The first-order valence-electron chi connectivity index (χ1n) is 11.6. The Labute approximate surface area is 203 Å². The molecule has 35 heavy (non-hydrogen) atoms. The number of aromatic nitrogens is 2. The minimum atomic E-state index is -1.19. The molecule has 4 rings (SSSR count). The third-order valence-corrected chi connectivity index (χ3v) is 6.57. The molecular weight excluding hydrogens is 449 g/mol. The SMILES string of the molecule is COc1ccccc1C(=O)NCc1ccc(-c2nn(C3CCC(C)(F)CC3)c(N)c2C(N)=O)cc1. The highest BCUT2D eigenvalue weighted by Crippen LogP contribution is 2.39. The number of methoxy groups -OCH3 is 1. The fourth-order valence-corrected chi connectivity index (χ4v) is 4.51. The number of nitrogen functional groups attached to an aromatic ring is 1. The van der Waals surface area contributed by atoms with Crippen LogP contribution < -0.4 is 21.5 Å². The van der Waals surface area contributed by atoms with Crippen LogP contribution in [0.15, 0.2) is 48.5 Å². The van der Waals surface area contributed by atoms with Gasteiger partial charge in [-0.15, -0.1) is 0 Å². The van der Waals surface area contributed by atoms with Gasteiger partial charge in [-0.05, 0) is 50.3 Å². The summed E-state index contributed by atoms with van der Waals surface area (Å²) in [6.07, 6.45) is 1.99. The zero-order valence-corrected chi connectivity index (χ0v) is 19.9. The lowest BCUT2D eigenvalue weighted by molar-refractivity contribution is 0.0946. The first-order valence-corrected chi connectivity index (χ1v) is 11.6. The normalized spacial score (nSPS) is 19.8. The number of hydrogen-bond donors (Lipinski definition) is 3. The summed E-state index contributed by atoms with van der Waals surface area (Å²) < 4.78 is 21.1. The molecule has 1 aliphatic rings. The Balaban J connectivity index is 1.51. The Morgan fingerprint density at radius 1 is 1.17 bits per heavy atom. The lowest BCUT2D eigenvalue weighted by atomic mass is 9.85. The van der Waals surface area contributed by atoms with Gasteiger partial charge in [0.1, 0.15) is 28.5 Å². The predicted octanol–water partition coefficient (Wildman–Crippen LogP) is 4.01. The number of ether oxygens (including phenoxy) is 1. The molecule has 1 heterocycles. The molecule has 0 radical (unpaired) electrons. The van der Waals surface area contributed by atoms with Crippen molar-refractivity contribution in [3.05, 3.63) is 65.2 Å². The van der Waals surface area contributed by atoms with Crippen LogP contribution in [0.5, 0.6) is 5.75 Å². The number of benzene rings is 2. The monoisotopic (exact) mass is 479 g/mol. The molecule has 0 saturated heterocycles. The number of nitrogens with zero attached hydrogens (tertiary/aromatic N) is 2. The van der Waals surface area contributed by atoms with Crippen LogP contribution in [0.1, 0.15) is 64.9 Å². The molecule has 2 aromatic carbocycles. The summed E-state index contributed by atoms with van der Waals surface area (Å²) in [6, 6.07) is 14.2. The molecule has 0 unspecified atom stereocenters. The van der Waals surface area contributed by atoms with E-state index in [-0.39, 0.29) is 23.3 Å². The summed E-state index contributed by atoms with van der Waals surface area (Å²) in [6.45, 7) is 1.91. The van der Waals surface area contributed by atoms with Crippen molar-refractivity contribution in [3.63, 3.8) is 0 Å². The molecule has 1 aromatic heterocycles. The molecule has 0 bridgehead atoms. The summed E-state index contributed by atoms with van der Waals surface area (Å²) in [7, 11) is 1.52. The minimum Gasteiger partial charge on any atom is -0.496 e. The van der Waals surface area contributed by atoms with Gasteiger partial charge in [0.2, 0.25) is 0 Å². The van der Waals surface area contributed by atoms with Crippen molar-refractivity contribution in [2.75, 3.05) is 12.8 Å². The highest BCUT2D eigenvalue weighted by molar-refractivity contribution is 6.03. The summed E-state index contributed by atoms with van der Waals surface area (Å²) >= 11 is 0. The number of alkyl halides is 1. The van der Waals surface area contributed by atoms with E-state index in [1.165, 1.54) is 7.11 Å². The van der Waals surface area contributed by atoms with Gasteiger partial charge >= 0.3 is 0 Å². The third kappa shape index (κ3) is 5.13. The van der Waals surface area contributed by atoms with Gasteiger partial charge in [0.05, 0.1) is 18.7 Å². The van der Waals surface area contributed by atoms with Crippen molar-refractivity contribution in [1.29, 1.82) is 0 Å². The van der Waals surface area contributed by atoms with Crippen LogP contribution in [0.25, 0.3) is 11.3 Å². The van der Waals surface area contributed by atoms with Gasteiger partial charge in [-0.25, -0.2) is 9.07 Å². The Kier molecular flexibility index (Phi) is 6.77. The Morgan fingerprint density at radius 2 is 1.83 bits per heavy atom. The van der Waals surface area contributed by atoms with Gasteiger partial charge in [-0.2, -0.15) is 5.10 Å². The Bertz CT molecular complexity index is 1230. The molecule has 0 spiro atoms. The van der Waals surface area contributed by atoms with Gasteiger partial charge in [0.15, 0.2) is 0 Å². The van der Waals surface area contributed by atoms with Crippen LogP contribution in [-0.2, 0) is 6.54 Å². The highest BCUT2D eigenvalue weighted by atomic mass is 19.1. The van der Waals surface area contributed by atoms with E-state index >= 15 is 0 Å². The maximum atomic E-state index is 14.3. The van der Waals surface area contributed by atoms with Crippen LogP contribution in [0.4, 0.5) is 10.2 Å². The number of nitrogens with two attached hydrogens (primary N) is 2. The highest BCUT2D eigenvalue weighted by Gasteiger charge is 2.34. The van der Waals surface area contributed by atoms with Gasteiger partial charge < -0.3 is 21.5 Å². The number of anilines is 1. The molecule has 3 aromatic rings. The molecule has 9 heteroatoms. The van der Waals surface area contributed by atoms with Gasteiger partial charge in [0, 0.05) is 12.1 Å².